The molecular formula is C12H13N3S. The molecule has 2 aromatic rings. The minimum atomic E-state index is 0.606. The summed E-state index contributed by atoms with van der Waals surface area (Å²) in [5, 5.41) is 1.07. The standard InChI is InChI=1S/C12H13N3S/c13-7-10-11(8-1-2-8)15-12(16-10)9-3-5-14-6-4-9/h3-6,8H,1-2,7,13H2. The number of hydrogen-bond acceptors (Lipinski definition) is 4. The molecule has 1 fully saturated rings. The van der Waals surface area contributed by atoms with Gasteiger partial charge in [-0.05, 0) is 25.0 Å². The van der Waals surface area contributed by atoms with E-state index < -0.39 is 0 Å². The Morgan fingerprint density at radius 3 is 2.69 bits per heavy atom. The van der Waals surface area contributed by atoms with Gasteiger partial charge >= 0.3 is 0 Å². The van der Waals surface area contributed by atoms with Crippen LogP contribution < -0.4 is 5.73 Å². The molecule has 0 amide bonds. The predicted molar refractivity (Wildman–Crippen MR) is 65.2 cm³/mol. The molecule has 1 aliphatic carbocycles. The number of aromatic nitrogens is 2. The van der Waals surface area contributed by atoms with Gasteiger partial charge in [-0.25, -0.2) is 4.98 Å². The van der Waals surface area contributed by atoms with Crippen molar-refractivity contribution < 1.29 is 0 Å². The van der Waals surface area contributed by atoms with Crippen molar-refractivity contribution in [3.05, 3.63) is 35.1 Å². The Morgan fingerprint density at radius 2 is 2.06 bits per heavy atom. The quantitative estimate of drug-likeness (QED) is 0.883. The zero-order valence-corrected chi connectivity index (χ0v) is 9.70. The summed E-state index contributed by atoms with van der Waals surface area (Å²) in [7, 11) is 0. The van der Waals surface area contributed by atoms with Crippen LogP contribution in [0.2, 0.25) is 0 Å². The van der Waals surface area contributed by atoms with E-state index in [1.54, 1.807) is 23.7 Å². The first-order valence-electron chi connectivity index (χ1n) is 5.48. The highest BCUT2D eigenvalue weighted by molar-refractivity contribution is 7.15. The molecule has 3 rings (SSSR count). The number of thiazole rings is 1. The van der Waals surface area contributed by atoms with E-state index >= 15 is 0 Å². The molecule has 0 radical (unpaired) electrons. The molecule has 1 saturated carbocycles. The van der Waals surface area contributed by atoms with Gasteiger partial charge in [0, 0.05) is 35.3 Å². The van der Waals surface area contributed by atoms with Gasteiger partial charge in [-0.2, -0.15) is 0 Å². The first-order chi connectivity index (χ1) is 7.88. The third-order valence-electron chi connectivity index (χ3n) is 2.80. The van der Waals surface area contributed by atoms with Crippen LogP contribution in [0.1, 0.15) is 29.3 Å². The van der Waals surface area contributed by atoms with Crippen molar-refractivity contribution in [2.24, 2.45) is 5.73 Å². The Balaban J connectivity index is 2.02. The molecule has 0 aliphatic heterocycles. The number of rotatable bonds is 3. The van der Waals surface area contributed by atoms with Gasteiger partial charge in [-0.1, -0.05) is 0 Å². The number of hydrogen-bond donors (Lipinski definition) is 1. The van der Waals surface area contributed by atoms with E-state index in [4.69, 9.17) is 10.7 Å². The molecule has 2 heterocycles. The van der Waals surface area contributed by atoms with Crippen molar-refractivity contribution in [1.29, 1.82) is 0 Å². The molecule has 3 nitrogen and oxygen atoms in total. The SMILES string of the molecule is NCc1sc(-c2ccncc2)nc1C1CC1. The largest absolute Gasteiger partial charge is 0.326 e. The van der Waals surface area contributed by atoms with E-state index in [-0.39, 0.29) is 0 Å². The molecule has 0 unspecified atom stereocenters. The first-order valence-corrected chi connectivity index (χ1v) is 6.30. The van der Waals surface area contributed by atoms with Crippen molar-refractivity contribution in [2.75, 3.05) is 0 Å². The normalized spacial score (nSPS) is 15.3. The molecule has 16 heavy (non-hydrogen) atoms. The van der Waals surface area contributed by atoms with Crippen LogP contribution in [-0.2, 0) is 6.54 Å². The fourth-order valence-electron chi connectivity index (χ4n) is 1.80. The summed E-state index contributed by atoms with van der Waals surface area (Å²) in [5.74, 6) is 0.672. The van der Waals surface area contributed by atoms with Crippen LogP contribution in [-0.4, -0.2) is 9.97 Å². The van der Waals surface area contributed by atoms with E-state index in [1.807, 2.05) is 12.1 Å². The van der Waals surface area contributed by atoms with Crippen LogP contribution in [0, 0.1) is 0 Å². The Kier molecular flexibility index (Phi) is 2.46. The molecule has 2 N–H and O–H groups in total. The number of nitrogens with zero attached hydrogens (tertiary/aromatic N) is 2. The summed E-state index contributed by atoms with van der Waals surface area (Å²) < 4.78 is 0. The van der Waals surface area contributed by atoms with E-state index in [0.29, 0.717) is 12.5 Å². The second-order valence-electron chi connectivity index (χ2n) is 4.04. The fraction of sp³-hybridized carbons (Fsp3) is 0.333. The van der Waals surface area contributed by atoms with E-state index in [2.05, 4.69) is 4.98 Å². The highest BCUT2D eigenvalue weighted by atomic mass is 32.1. The summed E-state index contributed by atoms with van der Waals surface area (Å²) in [6.45, 7) is 0.606. The third kappa shape index (κ3) is 1.74. The summed E-state index contributed by atoms with van der Waals surface area (Å²) in [5.41, 5.74) is 8.14. The second-order valence-corrected chi connectivity index (χ2v) is 5.13. The number of nitrogens with two attached hydrogens (primary N) is 1. The minimum Gasteiger partial charge on any atom is -0.326 e. The maximum Gasteiger partial charge on any atom is 0.124 e. The van der Waals surface area contributed by atoms with Gasteiger partial charge in [-0.15, -0.1) is 11.3 Å². The molecule has 1 aliphatic rings. The van der Waals surface area contributed by atoms with E-state index in [0.717, 1.165) is 10.6 Å². The summed E-state index contributed by atoms with van der Waals surface area (Å²) >= 11 is 1.72. The molecule has 0 bridgehead atoms. The smallest absolute Gasteiger partial charge is 0.124 e. The van der Waals surface area contributed by atoms with Gasteiger partial charge in [0.15, 0.2) is 0 Å². The highest BCUT2D eigenvalue weighted by Gasteiger charge is 2.29. The number of pyridine rings is 1. The summed E-state index contributed by atoms with van der Waals surface area (Å²) in [6.07, 6.45) is 6.14. The zero-order valence-electron chi connectivity index (χ0n) is 8.89. The molecule has 0 saturated heterocycles. The summed E-state index contributed by atoms with van der Waals surface area (Å²) in [6, 6.07) is 3.99. The Morgan fingerprint density at radius 1 is 1.31 bits per heavy atom. The van der Waals surface area contributed by atoms with Crippen LogP contribution in [0.3, 0.4) is 0 Å². The molecule has 0 atom stereocenters. The maximum absolute atomic E-state index is 5.77. The van der Waals surface area contributed by atoms with Crippen LogP contribution in [0.15, 0.2) is 24.5 Å². The molecule has 2 aromatic heterocycles. The van der Waals surface area contributed by atoms with Gasteiger partial charge in [0.25, 0.3) is 0 Å². The fourth-order valence-corrected chi connectivity index (χ4v) is 2.84. The summed E-state index contributed by atoms with van der Waals surface area (Å²) in [4.78, 5) is 9.99. The molecular weight excluding hydrogens is 218 g/mol. The monoisotopic (exact) mass is 231 g/mol. The lowest BCUT2D eigenvalue weighted by Gasteiger charge is -1.93. The average molecular weight is 231 g/mol. The van der Waals surface area contributed by atoms with Crippen LogP contribution in [0.25, 0.3) is 10.6 Å². The predicted octanol–water partition coefficient (Wildman–Crippen LogP) is 2.54. The second kappa shape index (κ2) is 3.96. The molecule has 4 heteroatoms. The van der Waals surface area contributed by atoms with Gasteiger partial charge in [-0.3, -0.25) is 4.98 Å². The molecule has 0 aromatic carbocycles. The maximum atomic E-state index is 5.77. The van der Waals surface area contributed by atoms with Crippen molar-refractivity contribution in [3.8, 4) is 10.6 Å². The van der Waals surface area contributed by atoms with Crippen molar-refractivity contribution in [3.63, 3.8) is 0 Å². The molecule has 0 spiro atoms. The van der Waals surface area contributed by atoms with Crippen LogP contribution in [0.5, 0.6) is 0 Å². The topological polar surface area (TPSA) is 51.8 Å². The minimum absolute atomic E-state index is 0.606. The van der Waals surface area contributed by atoms with Crippen molar-refractivity contribution >= 4 is 11.3 Å². The average Bonchev–Trinajstić information content (AvgIpc) is 3.10. The highest BCUT2D eigenvalue weighted by Crippen LogP contribution is 2.43. The van der Waals surface area contributed by atoms with Crippen LogP contribution in [0.4, 0.5) is 0 Å². The van der Waals surface area contributed by atoms with E-state index in [1.165, 1.54) is 23.4 Å². The Hall–Kier alpha value is -1.26. The first kappa shape index (κ1) is 9.93. The lowest BCUT2D eigenvalue weighted by molar-refractivity contribution is 0.979. The zero-order chi connectivity index (χ0) is 11.0. The third-order valence-corrected chi connectivity index (χ3v) is 3.95. The van der Waals surface area contributed by atoms with E-state index in [9.17, 15) is 0 Å². The van der Waals surface area contributed by atoms with Gasteiger partial charge in [0.1, 0.15) is 5.01 Å². The lowest BCUT2D eigenvalue weighted by atomic mass is 10.2. The Bertz CT molecular complexity index is 488. The van der Waals surface area contributed by atoms with Crippen molar-refractivity contribution in [1.82, 2.24) is 9.97 Å². The van der Waals surface area contributed by atoms with Gasteiger partial charge in [0.2, 0.25) is 0 Å². The van der Waals surface area contributed by atoms with Gasteiger partial charge in [0.05, 0.1) is 5.69 Å². The van der Waals surface area contributed by atoms with Crippen molar-refractivity contribution in [2.45, 2.75) is 25.3 Å². The van der Waals surface area contributed by atoms with Crippen LogP contribution >= 0.6 is 11.3 Å². The molecule has 82 valence electrons. The lowest BCUT2D eigenvalue weighted by Crippen LogP contribution is -1.96. The van der Waals surface area contributed by atoms with Gasteiger partial charge < -0.3 is 5.73 Å². The Labute approximate surface area is 98.4 Å².